The van der Waals surface area contributed by atoms with Gasteiger partial charge in [-0.1, -0.05) is 24.3 Å². The first-order chi connectivity index (χ1) is 14.7. The summed E-state index contributed by atoms with van der Waals surface area (Å²) in [4.78, 5) is 17.4. The molecular weight excluding hydrogens is 404 g/mol. The zero-order valence-corrected chi connectivity index (χ0v) is 17.3. The summed E-state index contributed by atoms with van der Waals surface area (Å²) in [6.45, 7) is 2.22. The molecule has 1 N–H and O–H groups in total. The monoisotopic (exact) mass is 424 g/mol. The number of rotatable bonds is 8. The fourth-order valence-corrected chi connectivity index (χ4v) is 3.69. The van der Waals surface area contributed by atoms with E-state index in [1.807, 2.05) is 48.7 Å². The lowest BCUT2D eigenvalue weighted by atomic mass is 10.2. The highest BCUT2D eigenvalue weighted by atomic mass is 32.1. The van der Waals surface area contributed by atoms with Crippen molar-refractivity contribution < 1.29 is 19.0 Å². The Morgan fingerprint density at radius 3 is 2.70 bits per heavy atom. The molecule has 4 rings (SSSR count). The molecule has 2 aromatic heterocycles. The summed E-state index contributed by atoms with van der Waals surface area (Å²) in [5, 5.41) is 9.05. The topological polar surface area (TPSA) is 87.0 Å². The minimum Gasteiger partial charge on any atom is -0.497 e. The third-order valence-electron chi connectivity index (χ3n) is 4.21. The van der Waals surface area contributed by atoms with Crippen LogP contribution >= 0.6 is 11.3 Å². The molecule has 2 heterocycles. The summed E-state index contributed by atoms with van der Waals surface area (Å²) in [5.74, 6) is 1.72. The number of anilines is 1. The van der Waals surface area contributed by atoms with Gasteiger partial charge in [-0.15, -0.1) is 16.4 Å². The van der Waals surface area contributed by atoms with Gasteiger partial charge in [-0.2, -0.15) is 4.98 Å². The molecule has 0 bridgehead atoms. The van der Waals surface area contributed by atoms with E-state index in [9.17, 15) is 4.79 Å². The predicted molar refractivity (Wildman–Crippen MR) is 115 cm³/mol. The maximum atomic E-state index is 12.3. The van der Waals surface area contributed by atoms with Gasteiger partial charge in [0.05, 0.1) is 19.4 Å². The maximum absolute atomic E-state index is 12.3. The molecule has 0 saturated heterocycles. The van der Waals surface area contributed by atoms with Crippen molar-refractivity contribution in [2.45, 2.75) is 6.92 Å². The van der Waals surface area contributed by atoms with Crippen molar-refractivity contribution in [2.75, 3.05) is 25.6 Å². The normalized spacial score (nSPS) is 10.7. The fourth-order valence-electron chi connectivity index (χ4n) is 2.86. The van der Waals surface area contributed by atoms with E-state index in [1.165, 1.54) is 11.3 Å². The van der Waals surface area contributed by atoms with Crippen LogP contribution in [0.3, 0.4) is 0 Å². The van der Waals surface area contributed by atoms with Crippen LogP contribution in [0.4, 0.5) is 5.95 Å². The third-order valence-corrected chi connectivity index (χ3v) is 5.02. The summed E-state index contributed by atoms with van der Waals surface area (Å²) in [5.41, 5.74) is 1.81. The Bertz CT molecular complexity index is 1170. The van der Waals surface area contributed by atoms with E-state index in [4.69, 9.17) is 14.2 Å². The van der Waals surface area contributed by atoms with E-state index < -0.39 is 0 Å². The van der Waals surface area contributed by atoms with Gasteiger partial charge in [0.2, 0.25) is 4.96 Å². The number of fused-ring (bicyclic) bond motifs is 1. The van der Waals surface area contributed by atoms with Crippen LogP contribution in [0.1, 0.15) is 6.92 Å². The molecule has 1 amide bonds. The average Bonchev–Trinajstić information content (AvgIpc) is 3.33. The number of amides is 1. The van der Waals surface area contributed by atoms with E-state index in [0.717, 1.165) is 17.0 Å². The Hall–Kier alpha value is -3.59. The highest BCUT2D eigenvalue weighted by molar-refractivity contribution is 7.15. The van der Waals surface area contributed by atoms with Crippen molar-refractivity contribution in [2.24, 2.45) is 0 Å². The fraction of sp³-hybridized carbons (Fsp3) is 0.190. The summed E-state index contributed by atoms with van der Waals surface area (Å²) in [7, 11) is 1.63. The molecule has 0 radical (unpaired) electrons. The number of hydrogen-bond acceptors (Lipinski definition) is 7. The van der Waals surface area contributed by atoms with Crippen LogP contribution in [0.25, 0.3) is 16.2 Å². The summed E-state index contributed by atoms with van der Waals surface area (Å²) >= 11 is 1.44. The van der Waals surface area contributed by atoms with Crippen LogP contribution in [0.2, 0.25) is 0 Å². The van der Waals surface area contributed by atoms with Gasteiger partial charge in [-0.25, -0.2) is 4.52 Å². The van der Waals surface area contributed by atoms with Gasteiger partial charge in [0, 0.05) is 10.9 Å². The number of methoxy groups -OCH3 is 1. The minimum absolute atomic E-state index is 0.181. The van der Waals surface area contributed by atoms with Gasteiger partial charge < -0.3 is 14.2 Å². The number of aromatic nitrogens is 3. The number of ether oxygens (including phenoxy) is 3. The largest absolute Gasteiger partial charge is 0.497 e. The molecule has 154 valence electrons. The van der Waals surface area contributed by atoms with Crippen LogP contribution < -0.4 is 19.5 Å². The number of benzene rings is 2. The van der Waals surface area contributed by atoms with Crippen molar-refractivity contribution in [3.05, 3.63) is 53.9 Å². The van der Waals surface area contributed by atoms with Gasteiger partial charge in [-0.3, -0.25) is 10.1 Å². The second-order valence-corrected chi connectivity index (χ2v) is 7.04. The number of hydrogen-bond donors (Lipinski definition) is 1. The van der Waals surface area contributed by atoms with Gasteiger partial charge in [0.25, 0.3) is 11.9 Å². The first kappa shape index (κ1) is 19.7. The lowest BCUT2D eigenvalue weighted by molar-refractivity contribution is -0.118. The zero-order chi connectivity index (χ0) is 20.9. The lowest BCUT2D eigenvalue weighted by Gasteiger charge is -2.10. The molecule has 8 nitrogen and oxygen atoms in total. The Balaban J connectivity index is 1.46. The first-order valence-electron chi connectivity index (χ1n) is 9.31. The van der Waals surface area contributed by atoms with Gasteiger partial charge in [0.15, 0.2) is 18.1 Å². The minimum atomic E-state index is -0.359. The Labute approximate surface area is 177 Å². The SMILES string of the molecule is CCOc1ccccc1OCC(=O)Nc1nc2scc(-c3cccc(OC)c3)n2n1. The maximum Gasteiger partial charge on any atom is 0.264 e. The van der Waals surface area contributed by atoms with Gasteiger partial charge in [-0.05, 0) is 31.2 Å². The molecule has 2 aromatic carbocycles. The molecular formula is C21H20N4O4S. The predicted octanol–water partition coefficient (Wildman–Crippen LogP) is 3.88. The Morgan fingerprint density at radius 2 is 1.93 bits per heavy atom. The molecule has 0 aliphatic rings. The number of nitrogens with one attached hydrogen (secondary N) is 1. The van der Waals surface area contributed by atoms with E-state index >= 15 is 0 Å². The zero-order valence-electron chi connectivity index (χ0n) is 16.5. The van der Waals surface area contributed by atoms with Crippen LogP contribution in [-0.2, 0) is 4.79 Å². The number of thiazole rings is 1. The number of nitrogens with zero attached hydrogens (tertiary/aromatic N) is 3. The molecule has 30 heavy (non-hydrogen) atoms. The highest BCUT2D eigenvalue weighted by Crippen LogP contribution is 2.28. The molecule has 0 saturated carbocycles. The molecule has 0 fully saturated rings. The van der Waals surface area contributed by atoms with Crippen molar-refractivity contribution in [3.8, 4) is 28.5 Å². The van der Waals surface area contributed by atoms with Crippen molar-refractivity contribution in [1.29, 1.82) is 0 Å². The van der Waals surface area contributed by atoms with Crippen molar-refractivity contribution >= 4 is 28.2 Å². The number of carbonyl (C=O) groups is 1. The smallest absolute Gasteiger partial charge is 0.264 e. The number of carbonyl (C=O) groups excluding carboxylic acids is 1. The summed E-state index contributed by atoms with van der Waals surface area (Å²) < 4.78 is 18.1. The van der Waals surface area contributed by atoms with E-state index in [0.29, 0.717) is 23.1 Å². The van der Waals surface area contributed by atoms with E-state index in [-0.39, 0.29) is 18.5 Å². The summed E-state index contributed by atoms with van der Waals surface area (Å²) in [6, 6.07) is 14.9. The Morgan fingerprint density at radius 1 is 1.13 bits per heavy atom. The quantitative estimate of drug-likeness (QED) is 0.462. The second kappa shape index (κ2) is 8.83. The van der Waals surface area contributed by atoms with Gasteiger partial charge in [0.1, 0.15) is 5.75 Å². The third kappa shape index (κ3) is 4.20. The van der Waals surface area contributed by atoms with Crippen LogP contribution in [0.15, 0.2) is 53.9 Å². The highest BCUT2D eigenvalue weighted by Gasteiger charge is 2.14. The van der Waals surface area contributed by atoms with E-state index in [1.54, 1.807) is 23.8 Å². The molecule has 0 unspecified atom stereocenters. The first-order valence-corrected chi connectivity index (χ1v) is 10.2. The van der Waals surface area contributed by atoms with Crippen LogP contribution in [-0.4, -0.2) is 40.8 Å². The molecule has 9 heteroatoms. The van der Waals surface area contributed by atoms with Crippen molar-refractivity contribution in [1.82, 2.24) is 14.6 Å². The van der Waals surface area contributed by atoms with Gasteiger partial charge >= 0.3 is 0 Å². The molecule has 4 aromatic rings. The number of para-hydroxylation sites is 2. The van der Waals surface area contributed by atoms with Crippen molar-refractivity contribution in [3.63, 3.8) is 0 Å². The lowest BCUT2D eigenvalue weighted by Crippen LogP contribution is -2.21. The standard InChI is InChI=1S/C21H20N4O4S/c1-3-28-17-9-4-5-10-18(17)29-12-19(26)22-20-23-21-25(24-20)16(13-30-21)14-7-6-8-15(11-14)27-2/h4-11,13H,3,12H2,1-2H3,(H,22,24,26). The van der Waals surface area contributed by atoms with Crippen LogP contribution in [0.5, 0.6) is 17.2 Å². The second-order valence-electron chi connectivity index (χ2n) is 6.20. The Kier molecular flexibility index (Phi) is 5.80. The summed E-state index contributed by atoms with van der Waals surface area (Å²) in [6.07, 6.45) is 0. The van der Waals surface area contributed by atoms with E-state index in [2.05, 4.69) is 15.4 Å². The molecule has 0 spiro atoms. The molecule has 0 aliphatic carbocycles. The molecule has 0 atom stereocenters. The van der Waals surface area contributed by atoms with Crippen LogP contribution in [0, 0.1) is 0 Å². The molecule has 0 aliphatic heterocycles. The average molecular weight is 424 g/mol.